The predicted octanol–water partition coefficient (Wildman–Crippen LogP) is 3.59. The number of carbonyl (C=O) groups is 1. The zero-order valence-electron chi connectivity index (χ0n) is 17.6. The van der Waals surface area contributed by atoms with E-state index in [2.05, 4.69) is 5.32 Å². The zero-order chi connectivity index (χ0) is 21.1. The van der Waals surface area contributed by atoms with Crippen LogP contribution in [0.1, 0.15) is 57.9 Å². The highest BCUT2D eigenvalue weighted by atomic mass is 32.2. The molecule has 1 fully saturated rings. The fourth-order valence-corrected chi connectivity index (χ4v) is 4.92. The van der Waals surface area contributed by atoms with Crippen molar-refractivity contribution in [2.45, 2.75) is 63.4 Å². The molecule has 7 heteroatoms. The van der Waals surface area contributed by atoms with E-state index in [1.807, 2.05) is 13.8 Å². The van der Waals surface area contributed by atoms with E-state index in [1.54, 1.807) is 30.3 Å². The lowest BCUT2D eigenvalue weighted by Gasteiger charge is -2.21. The molecule has 1 amide bonds. The van der Waals surface area contributed by atoms with E-state index in [0.29, 0.717) is 32.3 Å². The normalized spacial score (nSPS) is 15.8. The molecule has 162 valence electrons. The lowest BCUT2D eigenvalue weighted by molar-refractivity contribution is -0.116. The molecule has 1 aliphatic rings. The van der Waals surface area contributed by atoms with Crippen LogP contribution in [0.15, 0.2) is 35.2 Å². The van der Waals surface area contributed by atoms with Gasteiger partial charge in [-0.15, -0.1) is 0 Å². The molecule has 0 spiro atoms. The fraction of sp³-hybridized carbons (Fsp3) is 0.591. The summed E-state index contributed by atoms with van der Waals surface area (Å²) in [6, 6.07) is 6.57. The average molecular weight is 423 g/mol. The van der Waals surface area contributed by atoms with Gasteiger partial charge in [0.15, 0.2) is 0 Å². The Kier molecular flexibility index (Phi) is 9.84. The summed E-state index contributed by atoms with van der Waals surface area (Å²) in [6.07, 6.45) is 10.5. The average Bonchev–Trinajstić information content (AvgIpc) is 2.74. The van der Waals surface area contributed by atoms with Crippen LogP contribution in [0.2, 0.25) is 0 Å². The highest BCUT2D eigenvalue weighted by molar-refractivity contribution is 7.89. The quantitative estimate of drug-likeness (QED) is 0.437. The Balaban J connectivity index is 1.74. The van der Waals surface area contributed by atoms with Crippen molar-refractivity contribution in [1.29, 1.82) is 0 Å². The van der Waals surface area contributed by atoms with Gasteiger partial charge >= 0.3 is 0 Å². The second-order valence-electron chi connectivity index (χ2n) is 7.27. The maximum Gasteiger partial charge on any atom is 0.244 e. The molecule has 29 heavy (non-hydrogen) atoms. The third-order valence-corrected chi connectivity index (χ3v) is 7.24. The molecule has 1 aromatic rings. The predicted molar refractivity (Wildman–Crippen MR) is 116 cm³/mol. The standard InChI is InChI=1S/C22H34N2O4S/c1-3-24(4-2)29(26,27)21-14-11-19(12-15-21)13-16-22(25)23-17-8-18-28-20-9-6-5-7-10-20/h11-16,20H,3-10,17-18H2,1-2H3,(H,23,25)/b16-13+. The van der Waals surface area contributed by atoms with Gasteiger partial charge in [-0.3, -0.25) is 4.79 Å². The van der Waals surface area contributed by atoms with Crippen molar-refractivity contribution in [2.75, 3.05) is 26.2 Å². The summed E-state index contributed by atoms with van der Waals surface area (Å²) >= 11 is 0. The van der Waals surface area contributed by atoms with Crippen LogP contribution >= 0.6 is 0 Å². The third kappa shape index (κ3) is 7.57. The Hall–Kier alpha value is -1.70. The van der Waals surface area contributed by atoms with E-state index in [9.17, 15) is 13.2 Å². The number of hydrogen-bond donors (Lipinski definition) is 1. The van der Waals surface area contributed by atoms with Crippen molar-refractivity contribution < 1.29 is 17.9 Å². The van der Waals surface area contributed by atoms with Crippen molar-refractivity contribution in [3.8, 4) is 0 Å². The largest absolute Gasteiger partial charge is 0.378 e. The number of ether oxygens (including phenoxy) is 1. The van der Waals surface area contributed by atoms with Gasteiger partial charge < -0.3 is 10.1 Å². The van der Waals surface area contributed by atoms with Crippen LogP contribution in [0.25, 0.3) is 6.08 Å². The van der Waals surface area contributed by atoms with E-state index in [-0.39, 0.29) is 10.8 Å². The van der Waals surface area contributed by atoms with Crippen molar-refractivity contribution in [3.63, 3.8) is 0 Å². The number of rotatable bonds is 11. The van der Waals surface area contributed by atoms with Gasteiger partial charge in [-0.2, -0.15) is 4.31 Å². The number of nitrogens with zero attached hydrogens (tertiary/aromatic N) is 1. The molecule has 0 heterocycles. The first-order chi connectivity index (χ1) is 14.0. The van der Waals surface area contributed by atoms with Gasteiger partial charge in [-0.1, -0.05) is 45.2 Å². The molecule has 0 aliphatic heterocycles. The molecule has 0 bridgehead atoms. The number of nitrogens with one attached hydrogen (secondary N) is 1. The molecule has 0 saturated heterocycles. The van der Waals surface area contributed by atoms with Gasteiger partial charge in [0.05, 0.1) is 11.0 Å². The smallest absolute Gasteiger partial charge is 0.244 e. The number of hydrogen-bond acceptors (Lipinski definition) is 4. The molecule has 6 nitrogen and oxygen atoms in total. The van der Waals surface area contributed by atoms with Crippen LogP contribution in [-0.2, 0) is 19.6 Å². The van der Waals surface area contributed by atoms with Gasteiger partial charge in [0, 0.05) is 32.3 Å². The molecule has 0 radical (unpaired) electrons. The van der Waals surface area contributed by atoms with Gasteiger partial charge in [0.1, 0.15) is 0 Å². The lowest BCUT2D eigenvalue weighted by Crippen LogP contribution is -2.30. The lowest BCUT2D eigenvalue weighted by atomic mass is 9.98. The summed E-state index contributed by atoms with van der Waals surface area (Å²) in [7, 11) is -3.46. The zero-order valence-corrected chi connectivity index (χ0v) is 18.4. The van der Waals surface area contributed by atoms with E-state index < -0.39 is 10.0 Å². The second kappa shape index (κ2) is 12.1. The van der Waals surface area contributed by atoms with Crippen LogP contribution in [0.3, 0.4) is 0 Å². The summed E-state index contributed by atoms with van der Waals surface area (Å²) in [5.74, 6) is -0.164. The molecule has 2 rings (SSSR count). The van der Waals surface area contributed by atoms with Crippen LogP contribution in [-0.4, -0.2) is 51.0 Å². The van der Waals surface area contributed by atoms with Crippen LogP contribution in [0, 0.1) is 0 Å². The van der Waals surface area contributed by atoms with E-state index >= 15 is 0 Å². The van der Waals surface area contributed by atoms with Crippen LogP contribution < -0.4 is 5.32 Å². The summed E-state index contributed by atoms with van der Waals surface area (Å²) in [6.45, 7) is 5.77. The topological polar surface area (TPSA) is 75.7 Å². The van der Waals surface area contributed by atoms with Crippen molar-refractivity contribution >= 4 is 22.0 Å². The first-order valence-electron chi connectivity index (χ1n) is 10.6. The van der Waals surface area contributed by atoms with Crippen molar-refractivity contribution in [1.82, 2.24) is 9.62 Å². The Morgan fingerprint density at radius 3 is 2.41 bits per heavy atom. The monoisotopic (exact) mass is 422 g/mol. The number of benzene rings is 1. The summed E-state index contributed by atoms with van der Waals surface area (Å²) in [4.78, 5) is 12.2. The Morgan fingerprint density at radius 2 is 1.79 bits per heavy atom. The van der Waals surface area contributed by atoms with Crippen molar-refractivity contribution in [3.05, 3.63) is 35.9 Å². The molecule has 1 aromatic carbocycles. The number of amides is 1. The van der Waals surface area contributed by atoms with Gasteiger partial charge in [-0.25, -0.2) is 8.42 Å². The highest BCUT2D eigenvalue weighted by Gasteiger charge is 2.20. The molecular formula is C22H34N2O4S. The Labute approximate surface area is 175 Å². The summed E-state index contributed by atoms with van der Waals surface area (Å²) < 4.78 is 32.2. The van der Waals surface area contributed by atoms with E-state index in [0.717, 1.165) is 24.8 Å². The maximum absolute atomic E-state index is 12.5. The molecule has 1 saturated carbocycles. The highest BCUT2D eigenvalue weighted by Crippen LogP contribution is 2.20. The maximum atomic E-state index is 12.5. The summed E-state index contributed by atoms with van der Waals surface area (Å²) in [5.41, 5.74) is 0.777. The van der Waals surface area contributed by atoms with E-state index in [4.69, 9.17) is 4.74 Å². The molecule has 0 aromatic heterocycles. The first kappa shape index (κ1) is 23.6. The van der Waals surface area contributed by atoms with Gasteiger partial charge in [0.2, 0.25) is 15.9 Å². The van der Waals surface area contributed by atoms with Crippen LogP contribution in [0.4, 0.5) is 0 Å². The molecular weight excluding hydrogens is 388 g/mol. The first-order valence-corrected chi connectivity index (χ1v) is 12.1. The van der Waals surface area contributed by atoms with Crippen LogP contribution in [0.5, 0.6) is 0 Å². The van der Waals surface area contributed by atoms with E-state index in [1.165, 1.54) is 29.6 Å². The van der Waals surface area contributed by atoms with Gasteiger partial charge in [0.25, 0.3) is 0 Å². The molecule has 0 atom stereocenters. The number of sulfonamides is 1. The van der Waals surface area contributed by atoms with Gasteiger partial charge in [-0.05, 0) is 43.0 Å². The van der Waals surface area contributed by atoms with Crippen molar-refractivity contribution in [2.24, 2.45) is 0 Å². The minimum Gasteiger partial charge on any atom is -0.378 e. The molecule has 1 N–H and O–H groups in total. The second-order valence-corrected chi connectivity index (χ2v) is 9.21. The Bertz CT molecular complexity index is 750. The molecule has 0 unspecified atom stereocenters. The minimum absolute atomic E-state index is 0.164. The number of carbonyl (C=O) groups excluding carboxylic acids is 1. The third-order valence-electron chi connectivity index (χ3n) is 5.18. The minimum atomic E-state index is -3.46. The molecule has 1 aliphatic carbocycles. The Morgan fingerprint density at radius 1 is 1.14 bits per heavy atom. The summed E-state index contributed by atoms with van der Waals surface area (Å²) in [5, 5.41) is 2.85. The SMILES string of the molecule is CCN(CC)S(=O)(=O)c1ccc(/C=C/C(=O)NCCCOC2CCCCC2)cc1. The fourth-order valence-electron chi connectivity index (χ4n) is 3.46.